The van der Waals surface area contributed by atoms with Crippen LogP contribution in [0, 0.1) is 5.92 Å². The van der Waals surface area contributed by atoms with Crippen LogP contribution in [0.5, 0.6) is 0 Å². The molecule has 1 heterocycles. The molecule has 0 saturated heterocycles. The predicted octanol–water partition coefficient (Wildman–Crippen LogP) is 6.08. The van der Waals surface area contributed by atoms with Gasteiger partial charge in [0, 0.05) is 11.9 Å². The molecule has 0 bridgehead atoms. The van der Waals surface area contributed by atoms with Gasteiger partial charge in [-0.05, 0) is 59.7 Å². The molecule has 5 heteroatoms. The zero-order valence-corrected chi connectivity index (χ0v) is 16.9. The highest BCUT2D eigenvalue weighted by molar-refractivity contribution is 9.10. The molecule has 3 rings (SSSR count). The van der Waals surface area contributed by atoms with E-state index in [4.69, 9.17) is 0 Å². The Bertz CT molecular complexity index is 797. The third-order valence-electron chi connectivity index (χ3n) is 4.56. The van der Waals surface area contributed by atoms with Crippen molar-refractivity contribution in [3.8, 4) is 0 Å². The first-order valence-electron chi connectivity index (χ1n) is 9.05. The maximum atomic E-state index is 4.62. The molecule has 2 N–H and O–H groups in total. The summed E-state index contributed by atoms with van der Waals surface area (Å²) < 4.78 is 0.814. The smallest absolute Gasteiger partial charge is 0.225 e. The fraction of sp³-hybridized carbons (Fsp3) is 0.333. The van der Waals surface area contributed by atoms with E-state index < -0.39 is 0 Å². The van der Waals surface area contributed by atoms with E-state index in [0.717, 1.165) is 28.3 Å². The van der Waals surface area contributed by atoms with Crippen LogP contribution in [-0.2, 0) is 0 Å². The molecule has 1 aliphatic carbocycles. The van der Waals surface area contributed by atoms with Crippen molar-refractivity contribution in [1.82, 2.24) is 9.97 Å². The van der Waals surface area contributed by atoms with E-state index in [2.05, 4.69) is 75.2 Å². The summed E-state index contributed by atoms with van der Waals surface area (Å²) in [6.45, 7) is 8.42. The van der Waals surface area contributed by atoms with E-state index >= 15 is 0 Å². The Balaban J connectivity index is 1.72. The molecule has 1 unspecified atom stereocenters. The van der Waals surface area contributed by atoms with Gasteiger partial charge in [-0.2, -0.15) is 4.98 Å². The lowest BCUT2D eigenvalue weighted by Gasteiger charge is -2.18. The molecule has 0 radical (unpaired) electrons. The van der Waals surface area contributed by atoms with Crippen LogP contribution in [0.4, 0.5) is 11.8 Å². The van der Waals surface area contributed by atoms with Crippen LogP contribution in [0.1, 0.15) is 44.7 Å². The summed E-state index contributed by atoms with van der Waals surface area (Å²) in [5.74, 6) is 2.05. The Morgan fingerprint density at radius 3 is 2.73 bits per heavy atom. The highest BCUT2D eigenvalue weighted by Gasteiger charge is 2.22. The molecule has 0 spiro atoms. The Morgan fingerprint density at radius 1 is 1.35 bits per heavy atom. The van der Waals surface area contributed by atoms with E-state index in [1.807, 2.05) is 18.2 Å². The van der Waals surface area contributed by atoms with Crippen molar-refractivity contribution in [2.24, 2.45) is 5.92 Å². The summed E-state index contributed by atoms with van der Waals surface area (Å²) in [5, 5.41) is 6.71. The molecule has 26 heavy (non-hydrogen) atoms. The van der Waals surface area contributed by atoms with Crippen LogP contribution in [0.3, 0.4) is 0 Å². The van der Waals surface area contributed by atoms with Gasteiger partial charge in [-0.15, -0.1) is 0 Å². The maximum absolute atomic E-state index is 4.62. The predicted molar refractivity (Wildman–Crippen MR) is 112 cm³/mol. The highest BCUT2D eigenvalue weighted by atomic mass is 79.9. The summed E-state index contributed by atoms with van der Waals surface area (Å²) in [6, 6.07) is 10.5. The average molecular weight is 413 g/mol. The van der Waals surface area contributed by atoms with Crippen molar-refractivity contribution in [2.45, 2.75) is 39.2 Å². The van der Waals surface area contributed by atoms with E-state index in [1.54, 1.807) is 6.20 Å². The number of benzene rings is 1. The van der Waals surface area contributed by atoms with Crippen LogP contribution >= 0.6 is 15.9 Å². The van der Waals surface area contributed by atoms with Gasteiger partial charge in [0.1, 0.15) is 5.82 Å². The number of nitrogens with one attached hydrogen (secondary N) is 2. The largest absolute Gasteiger partial charge is 0.347 e. The molecule has 1 aliphatic rings. The fourth-order valence-electron chi connectivity index (χ4n) is 2.91. The first kappa shape index (κ1) is 18.6. The topological polar surface area (TPSA) is 49.8 Å². The Labute approximate surface area is 164 Å². The van der Waals surface area contributed by atoms with E-state index in [1.165, 1.54) is 24.0 Å². The van der Waals surface area contributed by atoms with Gasteiger partial charge in [-0.1, -0.05) is 49.4 Å². The number of anilines is 2. The molecular formula is C21H25BrN4. The van der Waals surface area contributed by atoms with Crippen molar-refractivity contribution in [2.75, 3.05) is 10.6 Å². The lowest BCUT2D eigenvalue weighted by atomic mass is 10.1. The first-order chi connectivity index (χ1) is 12.6. The van der Waals surface area contributed by atoms with E-state index in [9.17, 15) is 0 Å². The minimum Gasteiger partial charge on any atom is -0.347 e. The van der Waals surface area contributed by atoms with Gasteiger partial charge in [0.25, 0.3) is 0 Å². The summed E-state index contributed by atoms with van der Waals surface area (Å²) in [4.78, 5) is 9.03. The monoisotopic (exact) mass is 412 g/mol. The van der Waals surface area contributed by atoms with Crippen LogP contribution in [0.2, 0.25) is 0 Å². The van der Waals surface area contributed by atoms with Gasteiger partial charge < -0.3 is 10.6 Å². The fourth-order valence-corrected chi connectivity index (χ4v) is 3.20. The second-order valence-electron chi connectivity index (χ2n) is 6.72. The zero-order chi connectivity index (χ0) is 18.5. The van der Waals surface area contributed by atoms with Crippen molar-refractivity contribution in [1.29, 1.82) is 0 Å². The molecule has 4 nitrogen and oxygen atoms in total. The van der Waals surface area contributed by atoms with Crippen molar-refractivity contribution in [3.63, 3.8) is 0 Å². The summed E-state index contributed by atoms with van der Waals surface area (Å²) in [6.07, 6.45) is 7.40. The molecule has 0 amide bonds. The molecule has 1 saturated carbocycles. The van der Waals surface area contributed by atoms with Gasteiger partial charge in [-0.3, -0.25) is 0 Å². The van der Waals surface area contributed by atoms with Gasteiger partial charge >= 0.3 is 0 Å². The average Bonchev–Trinajstić information content (AvgIpc) is 3.48. The Hall–Kier alpha value is -2.14. The first-order valence-corrected chi connectivity index (χ1v) is 9.84. The maximum Gasteiger partial charge on any atom is 0.225 e. The van der Waals surface area contributed by atoms with Crippen molar-refractivity contribution in [3.05, 3.63) is 70.5 Å². The molecule has 1 aromatic carbocycles. The van der Waals surface area contributed by atoms with Crippen molar-refractivity contribution >= 4 is 27.7 Å². The summed E-state index contributed by atoms with van der Waals surface area (Å²) in [7, 11) is 0. The lowest BCUT2D eigenvalue weighted by Crippen LogP contribution is -2.13. The number of hydrogen-bond donors (Lipinski definition) is 2. The quantitative estimate of drug-likeness (QED) is 0.515. The number of hydrogen-bond acceptors (Lipinski definition) is 4. The van der Waals surface area contributed by atoms with Crippen molar-refractivity contribution < 1.29 is 0 Å². The number of allylic oxidation sites excluding steroid dienone is 2. The third kappa shape index (κ3) is 4.94. The normalized spacial score (nSPS) is 15.4. The molecule has 1 aromatic heterocycles. The Morgan fingerprint density at radius 2 is 2.08 bits per heavy atom. The standard InChI is InChI=1S/C21H25BrN4/c1-4-19(17-8-6-5-7-9-17)25-21-23-13-18(22)20(26-21)24-15(3)12-14(2)16-10-11-16/h5-9,12-13,16,19H,3-4,10-11H2,1-2H3,(H2,23,24,25,26)/b14-12+. The van der Waals surface area contributed by atoms with Crippen LogP contribution in [-0.4, -0.2) is 9.97 Å². The highest BCUT2D eigenvalue weighted by Crippen LogP contribution is 2.36. The molecule has 0 aliphatic heterocycles. The van der Waals surface area contributed by atoms with Gasteiger partial charge in [-0.25, -0.2) is 4.98 Å². The lowest BCUT2D eigenvalue weighted by molar-refractivity contribution is 0.738. The van der Waals surface area contributed by atoms with E-state index in [0.29, 0.717) is 5.95 Å². The Kier molecular flexibility index (Phi) is 6.09. The molecular weight excluding hydrogens is 388 g/mol. The van der Waals surface area contributed by atoms with Crippen LogP contribution < -0.4 is 10.6 Å². The third-order valence-corrected chi connectivity index (χ3v) is 5.14. The minimum atomic E-state index is 0.172. The molecule has 2 aromatic rings. The van der Waals surface area contributed by atoms with E-state index in [-0.39, 0.29) is 6.04 Å². The van der Waals surface area contributed by atoms with Gasteiger partial charge in [0.2, 0.25) is 5.95 Å². The van der Waals surface area contributed by atoms with Crippen LogP contribution in [0.15, 0.2) is 64.9 Å². The molecule has 1 atom stereocenters. The van der Waals surface area contributed by atoms with Gasteiger partial charge in [0.05, 0.1) is 10.5 Å². The second kappa shape index (κ2) is 8.49. The number of halogens is 1. The van der Waals surface area contributed by atoms with Gasteiger partial charge in [0.15, 0.2) is 0 Å². The summed E-state index contributed by atoms with van der Waals surface area (Å²) in [5.41, 5.74) is 3.44. The zero-order valence-electron chi connectivity index (χ0n) is 15.3. The SMILES string of the molecule is C=C(/C=C(\C)C1CC1)Nc1nc(NC(CC)c2ccccc2)ncc1Br. The van der Waals surface area contributed by atoms with Crippen LogP contribution in [0.25, 0.3) is 0 Å². The number of rotatable bonds is 8. The number of aromatic nitrogens is 2. The number of nitrogens with zero attached hydrogens (tertiary/aromatic N) is 2. The summed E-state index contributed by atoms with van der Waals surface area (Å²) >= 11 is 3.52. The second-order valence-corrected chi connectivity index (χ2v) is 7.57. The molecule has 136 valence electrons. The molecule has 1 fully saturated rings. The minimum absolute atomic E-state index is 0.172.